The Morgan fingerprint density at radius 1 is 1.18 bits per heavy atom. The van der Waals surface area contributed by atoms with Crippen LogP contribution in [0.15, 0.2) is 36.7 Å². The maximum absolute atomic E-state index is 12.1. The minimum Gasteiger partial charge on any atom is -0.275 e. The van der Waals surface area contributed by atoms with Gasteiger partial charge in [0.2, 0.25) is 0 Å². The molecule has 1 heterocycles. The summed E-state index contributed by atoms with van der Waals surface area (Å²) in [6.45, 7) is 7.93. The Kier molecular flexibility index (Phi) is 6.40. The Morgan fingerprint density at radius 2 is 1.77 bits per heavy atom. The highest BCUT2D eigenvalue weighted by molar-refractivity contribution is 7.84. The fourth-order valence-electron chi connectivity index (χ4n) is 1.94. The van der Waals surface area contributed by atoms with Crippen molar-refractivity contribution in [1.29, 1.82) is 0 Å². The molecule has 4 nitrogen and oxygen atoms in total. The van der Waals surface area contributed by atoms with Crippen molar-refractivity contribution in [2.75, 3.05) is 0 Å². The molecule has 2 atom stereocenters. The molecule has 0 aliphatic heterocycles. The van der Waals surface area contributed by atoms with Gasteiger partial charge < -0.3 is 0 Å². The smallest absolute Gasteiger partial charge is 0.0975 e. The number of aromatic nitrogens is 2. The third-order valence-corrected chi connectivity index (χ3v) is 4.97. The van der Waals surface area contributed by atoms with Crippen molar-refractivity contribution in [2.24, 2.45) is 7.05 Å². The number of hydrogen-bond acceptors (Lipinski definition) is 2. The van der Waals surface area contributed by atoms with Crippen LogP contribution in [0.25, 0.3) is 11.1 Å². The van der Waals surface area contributed by atoms with Crippen LogP contribution >= 0.6 is 13.5 Å². The molecule has 22 heavy (non-hydrogen) atoms. The van der Waals surface area contributed by atoms with Crippen molar-refractivity contribution in [2.45, 2.75) is 38.5 Å². The topological polar surface area (TPSA) is 46.9 Å². The van der Waals surface area contributed by atoms with Crippen molar-refractivity contribution in [3.05, 3.63) is 42.2 Å². The fourth-order valence-corrected chi connectivity index (χ4v) is 2.75. The summed E-state index contributed by atoms with van der Waals surface area (Å²) in [5, 5.41) is 4.18. The Labute approximate surface area is 142 Å². The molecule has 6 heteroatoms. The first kappa shape index (κ1) is 18.9. The van der Waals surface area contributed by atoms with Crippen molar-refractivity contribution in [3.63, 3.8) is 0 Å². The van der Waals surface area contributed by atoms with E-state index in [2.05, 4.69) is 34.1 Å². The van der Waals surface area contributed by atoms with Crippen LogP contribution in [-0.4, -0.2) is 18.7 Å². The second-order valence-electron chi connectivity index (χ2n) is 6.25. The van der Waals surface area contributed by atoms with E-state index in [1.54, 1.807) is 4.68 Å². The highest BCUT2D eigenvalue weighted by Crippen LogP contribution is 2.22. The molecule has 0 radical (unpaired) electrons. The van der Waals surface area contributed by atoms with Crippen LogP contribution in [0, 0.1) is 0 Å². The SMILES string of the molecule is C[C@H](N[S@](=O)C(C)(C)C)c1ccc(-c2cnn(C)c2)cc1.S. The van der Waals surface area contributed by atoms with E-state index >= 15 is 0 Å². The number of aryl methyl sites for hydroxylation is 1. The molecule has 0 unspecified atom stereocenters. The van der Waals surface area contributed by atoms with Gasteiger partial charge in [-0.1, -0.05) is 24.3 Å². The van der Waals surface area contributed by atoms with E-state index in [0.29, 0.717) is 0 Å². The molecule has 0 saturated heterocycles. The molecule has 0 aliphatic carbocycles. The molecule has 1 N–H and O–H groups in total. The Bertz CT molecular complexity index is 630. The molecule has 0 spiro atoms. The predicted octanol–water partition coefficient (Wildman–Crippen LogP) is 3.31. The van der Waals surface area contributed by atoms with Gasteiger partial charge in [-0.25, -0.2) is 8.93 Å². The molecule has 0 bridgehead atoms. The van der Waals surface area contributed by atoms with Crippen LogP contribution in [0.3, 0.4) is 0 Å². The molecule has 1 aromatic carbocycles. The number of benzene rings is 1. The van der Waals surface area contributed by atoms with Crippen LogP contribution in [0.5, 0.6) is 0 Å². The molecular formula is C16H25N3OS2. The van der Waals surface area contributed by atoms with Crippen LogP contribution in [-0.2, 0) is 18.0 Å². The molecule has 0 aliphatic rings. The van der Waals surface area contributed by atoms with Gasteiger partial charge in [0.15, 0.2) is 0 Å². The van der Waals surface area contributed by atoms with Gasteiger partial charge in [0.25, 0.3) is 0 Å². The van der Waals surface area contributed by atoms with Crippen LogP contribution in [0.1, 0.15) is 39.3 Å². The lowest BCUT2D eigenvalue weighted by Gasteiger charge is -2.22. The summed E-state index contributed by atoms with van der Waals surface area (Å²) in [6, 6.07) is 8.34. The lowest BCUT2D eigenvalue weighted by Crippen LogP contribution is -2.34. The van der Waals surface area contributed by atoms with Gasteiger partial charge in [0.05, 0.1) is 21.9 Å². The van der Waals surface area contributed by atoms with Gasteiger partial charge >= 0.3 is 0 Å². The second kappa shape index (κ2) is 7.44. The van der Waals surface area contributed by atoms with E-state index in [1.165, 1.54) is 0 Å². The summed E-state index contributed by atoms with van der Waals surface area (Å²) in [6.07, 6.45) is 3.84. The quantitative estimate of drug-likeness (QED) is 0.929. The van der Waals surface area contributed by atoms with Crippen molar-refractivity contribution >= 4 is 24.5 Å². The molecule has 0 fully saturated rings. The summed E-state index contributed by atoms with van der Waals surface area (Å²) in [5.41, 5.74) is 3.36. The van der Waals surface area contributed by atoms with Crippen LogP contribution in [0.2, 0.25) is 0 Å². The molecule has 122 valence electrons. The monoisotopic (exact) mass is 339 g/mol. The van der Waals surface area contributed by atoms with Gasteiger partial charge in [0, 0.05) is 24.8 Å². The number of rotatable bonds is 4. The highest BCUT2D eigenvalue weighted by Gasteiger charge is 2.21. The van der Waals surface area contributed by atoms with Crippen molar-refractivity contribution in [3.8, 4) is 11.1 Å². The average molecular weight is 340 g/mol. The maximum atomic E-state index is 12.1. The number of nitrogens with zero attached hydrogens (tertiary/aromatic N) is 2. The lowest BCUT2D eigenvalue weighted by atomic mass is 10.0. The molecule has 2 rings (SSSR count). The summed E-state index contributed by atoms with van der Waals surface area (Å²) < 4.78 is 16.8. The fraction of sp³-hybridized carbons (Fsp3) is 0.438. The van der Waals surface area contributed by atoms with Gasteiger partial charge in [-0.15, -0.1) is 0 Å². The van der Waals surface area contributed by atoms with Crippen molar-refractivity contribution < 1.29 is 4.21 Å². The van der Waals surface area contributed by atoms with Gasteiger partial charge in [-0.2, -0.15) is 18.6 Å². The summed E-state index contributed by atoms with van der Waals surface area (Å²) in [7, 11) is 0.839. The van der Waals surface area contributed by atoms with E-state index in [4.69, 9.17) is 0 Å². The predicted molar refractivity (Wildman–Crippen MR) is 98.5 cm³/mol. The van der Waals surface area contributed by atoms with E-state index in [1.807, 2.05) is 47.1 Å². The van der Waals surface area contributed by atoms with E-state index < -0.39 is 11.0 Å². The Balaban J connectivity index is 0.00000242. The van der Waals surface area contributed by atoms with Crippen LogP contribution < -0.4 is 4.72 Å². The minimum atomic E-state index is -1.07. The summed E-state index contributed by atoms with van der Waals surface area (Å²) >= 11 is 0. The zero-order chi connectivity index (χ0) is 15.6. The first-order valence-corrected chi connectivity index (χ1v) is 8.19. The molecular weight excluding hydrogens is 314 g/mol. The largest absolute Gasteiger partial charge is 0.275 e. The molecule has 1 aromatic heterocycles. The number of nitrogens with one attached hydrogen (secondary N) is 1. The van der Waals surface area contributed by atoms with Gasteiger partial charge in [0.1, 0.15) is 0 Å². The summed E-state index contributed by atoms with van der Waals surface area (Å²) in [4.78, 5) is 0. The van der Waals surface area contributed by atoms with Crippen LogP contribution in [0.4, 0.5) is 0 Å². The molecule has 2 aromatic rings. The van der Waals surface area contributed by atoms with E-state index in [0.717, 1.165) is 16.7 Å². The van der Waals surface area contributed by atoms with Gasteiger partial charge in [-0.3, -0.25) is 4.68 Å². The number of hydrogen-bond donors (Lipinski definition) is 1. The molecule has 0 saturated carbocycles. The highest BCUT2D eigenvalue weighted by atomic mass is 32.2. The van der Waals surface area contributed by atoms with Gasteiger partial charge in [-0.05, 0) is 38.8 Å². The Hall–Kier alpha value is -1.11. The third kappa shape index (κ3) is 4.69. The maximum Gasteiger partial charge on any atom is 0.0975 e. The first-order valence-electron chi connectivity index (χ1n) is 7.04. The van der Waals surface area contributed by atoms with E-state index in [9.17, 15) is 4.21 Å². The first-order chi connectivity index (χ1) is 9.77. The Morgan fingerprint density at radius 3 is 2.23 bits per heavy atom. The average Bonchev–Trinajstić information content (AvgIpc) is 2.84. The standard InChI is InChI=1S/C16H23N3OS.H2S/c1-12(18-21(20)16(2,3)4)13-6-8-14(9-7-13)15-10-17-19(5)11-15;/h6-12,18H,1-5H3;1H2/t12-,21+;/m0./s1. The zero-order valence-corrected chi connectivity index (χ0v) is 15.6. The minimum absolute atomic E-state index is 0. The van der Waals surface area contributed by atoms with Crippen molar-refractivity contribution in [1.82, 2.24) is 14.5 Å². The summed E-state index contributed by atoms with van der Waals surface area (Å²) in [5.74, 6) is 0. The van der Waals surface area contributed by atoms with E-state index in [-0.39, 0.29) is 24.3 Å². The lowest BCUT2D eigenvalue weighted by molar-refractivity contribution is 0.616. The third-order valence-electron chi connectivity index (χ3n) is 3.29. The zero-order valence-electron chi connectivity index (χ0n) is 13.8. The normalized spacial score (nSPS) is 14.2. The molecule has 0 amide bonds. The second-order valence-corrected chi connectivity index (χ2v) is 8.24.